The number of halogens is 1. The molecule has 0 fully saturated rings. The van der Waals surface area contributed by atoms with E-state index in [1.807, 2.05) is 0 Å². The molecule has 0 aliphatic rings. The van der Waals surface area contributed by atoms with Crippen molar-refractivity contribution < 1.29 is 18.3 Å². The topological polar surface area (TPSA) is 125 Å². The quantitative estimate of drug-likeness (QED) is 0.677. The highest BCUT2D eigenvalue weighted by atomic mass is 79.9. The largest absolute Gasteiger partial charge is 0.480 e. The van der Waals surface area contributed by atoms with Gasteiger partial charge < -0.3 is 10.1 Å². The highest BCUT2D eigenvalue weighted by Crippen LogP contribution is 2.15. The number of aromatic nitrogens is 3. The number of carbonyl (C=O) groups is 1. The summed E-state index contributed by atoms with van der Waals surface area (Å²) < 4.78 is 26.9. The summed E-state index contributed by atoms with van der Waals surface area (Å²) in [6, 6.07) is 0.0270. The number of hydrogen-bond donors (Lipinski definition) is 3. The van der Waals surface area contributed by atoms with E-state index < -0.39 is 22.0 Å². The van der Waals surface area contributed by atoms with Crippen LogP contribution in [0.15, 0.2) is 40.4 Å². The molecule has 2 heterocycles. The average molecular weight is 375 g/mol. The number of H-pyrrole nitrogens is 1. The minimum atomic E-state index is -3.99. The van der Waals surface area contributed by atoms with Gasteiger partial charge in [-0.1, -0.05) is 0 Å². The number of nitrogens with zero attached hydrogens (tertiary/aromatic N) is 2. The molecule has 0 saturated carbocycles. The molecule has 2 rings (SSSR count). The number of aliphatic carboxylic acids is 1. The Morgan fingerprint density at radius 1 is 1.38 bits per heavy atom. The van der Waals surface area contributed by atoms with E-state index in [0.29, 0.717) is 10.2 Å². The minimum Gasteiger partial charge on any atom is -0.480 e. The van der Waals surface area contributed by atoms with E-state index in [4.69, 9.17) is 5.11 Å². The molecule has 2 aromatic rings. The summed E-state index contributed by atoms with van der Waals surface area (Å²) >= 11 is 3.11. The van der Waals surface area contributed by atoms with Crippen molar-refractivity contribution in [2.45, 2.75) is 17.4 Å². The summed E-state index contributed by atoms with van der Waals surface area (Å²) in [4.78, 5) is 21.3. The summed E-state index contributed by atoms with van der Waals surface area (Å²) in [5.74, 6) is -1.28. The Morgan fingerprint density at radius 3 is 2.71 bits per heavy atom. The molecule has 8 nitrogen and oxygen atoms in total. The van der Waals surface area contributed by atoms with E-state index in [1.165, 1.54) is 24.8 Å². The van der Waals surface area contributed by atoms with Gasteiger partial charge in [-0.15, -0.1) is 0 Å². The fourth-order valence-electron chi connectivity index (χ4n) is 1.59. The van der Waals surface area contributed by atoms with Crippen LogP contribution >= 0.6 is 15.9 Å². The average Bonchev–Trinajstić information content (AvgIpc) is 2.90. The van der Waals surface area contributed by atoms with Crippen LogP contribution in [-0.4, -0.2) is 40.5 Å². The lowest BCUT2D eigenvalue weighted by Crippen LogP contribution is -2.42. The Bertz CT molecular complexity index is 732. The van der Waals surface area contributed by atoms with Crippen molar-refractivity contribution in [2.24, 2.45) is 0 Å². The zero-order chi connectivity index (χ0) is 15.5. The van der Waals surface area contributed by atoms with Gasteiger partial charge in [-0.05, 0) is 22.0 Å². The highest BCUT2D eigenvalue weighted by molar-refractivity contribution is 9.10. The molecule has 1 atom stereocenters. The molecule has 21 heavy (non-hydrogen) atoms. The molecule has 0 saturated heterocycles. The maximum Gasteiger partial charge on any atom is 0.322 e. The highest BCUT2D eigenvalue weighted by Gasteiger charge is 2.26. The van der Waals surface area contributed by atoms with Gasteiger partial charge in [0.2, 0.25) is 10.0 Å². The van der Waals surface area contributed by atoms with Gasteiger partial charge in [0.15, 0.2) is 0 Å². The minimum absolute atomic E-state index is 0.0456. The van der Waals surface area contributed by atoms with Gasteiger partial charge in [-0.25, -0.2) is 13.4 Å². The molecule has 3 N–H and O–H groups in total. The van der Waals surface area contributed by atoms with Crippen molar-refractivity contribution in [1.29, 1.82) is 0 Å². The second-order valence-electron chi connectivity index (χ2n) is 4.13. The monoisotopic (exact) mass is 374 g/mol. The Labute approximate surface area is 128 Å². The van der Waals surface area contributed by atoms with Crippen molar-refractivity contribution in [1.82, 2.24) is 19.7 Å². The number of aromatic amines is 1. The van der Waals surface area contributed by atoms with E-state index in [1.54, 1.807) is 0 Å². The number of carboxylic acid groups (broad SMARTS) is 1. The van der Waals surface area contributed by atoms with Gasteiger partial charge in [-0.3, -0.25) is 9.78 Å². The van der Waals surface area contributed by atoms with Crippen LogP contribution < -0.4 is 4.72 Å². The molecule has 0 spiro atoms. The van der Waals surface area contributed by atoms with Gasteiger partial charge >= 0.3 is 5.97 Å². The molecule has 0 unspecified atom stereocenters. The van der Waals surface area contributed by atoms with E-state index >= 15 is 0 Å². The first kappa shape index (κ1) is 15.6. The molecular formula is C11H11BrN4O4S. The Kier molecular flexibility index (Phi) is 4.70. The summed E-state index contributed by atoms with van der Waals surface area (Å²) in [5.41, 5.74) is 0.512. The van der Waals surface area contributed by atoms with E-state index in [9.17, 15) is 13.2 Å². The second kappa shape index (κ2) is 6.33. The smallest absolute Gasteiger partial charge is 0.322 e. The van der Waals surface area contributed by atoms with E-state index in [2.05, 4.69) is 35.6 Å². The summed E-state index contributed by atoms with van der Waals surface area (Å²) in [6.45, 7) is 0. The molecule has 0 amide bonds. The Balaban J connectivity index is 2.21. The number of hydrogen-bond acceptors (Lipinski definition) is 5. The predicted molar refractivity (Wildman–Crippen MR) is 76.0 cm³/mol. The van der Waals surface area contributed by atoms with Gasteiger partial charge in [0.05, 0.1) is 6.33 Å². The van der Waals surface area contributed by atoms with Crippen LogP contribution in [0.25, 0.3) is 0 Å². The molecule has 112 valence electrons. The molecule has 0 aliphatic carbocycles. The van der Waals surface area contributed by atoms with Crippen LogP contribution in [0, 0.1) is 0 Å². The number of sulfonamides is 1. The lowest BCUT2D eigenvalue weighted by molar-refractivity contribution is -0.138. The third-order valence-electron chi connectivity index (χ3n) is 2.56. The van der Waals surface area contributed by atoms with Crippen molar-refractivity contribution in [3.05, 3.63) is 41.2 Å². The zero-order valence-corrected chi connectivity index (χ0v) is 12.9. The first-order valence-corrected chi connectivity index (χ1v) is 7.99. The van der Waals surface area contributed by atoms with Gasteiger partial charge in [0.1, 0.15) is 10.9 Å². The van der Waals surface area contributed by atoms with E-state index in [-0.39, 0.29) is 11.3 Å². The zero-order valence-electron chi connectivity index (χ0n) is 10.5. The van der Waals surface area contributed by atoms with Crippen molar-refractivity contribution >= 4 is 31.9 Å². The molecule has 0 aromatic carbocycles. The predicted octanol–water partition coefficient (Wildman–Crippen LogP) is 0.541. The number of pyridine rings is 1. The number of carboxylic acids is 1. The van der Waals surface area contributed by atoms with Crippen LogP contribution in [0.4, 0.5) is 0 Å². The number of nitrogens with one attached hydrogen (secondary N) is 2. The SMILES string of the molecule is O=C(O)[C@H](Cc1cnc[nH]1)NS(=O)(=O)c1cncc(Br)c1. The molecular weight excluding hydrogens is 364 g/mol. The number of imidazole rings is 1. The molecule has 10 heteroatoms. The lowest BCUT2D eigenvalue weighted by Gasteiger charge is -2.14. The van der Waals surface area contributed by atoms with Crippen LogP contribution in [0.2, 0.25) is 0 Å². The fraction of sp³-hybridized carbons (Fsp3) is 0.182. The van der Waals surface area contributed by atoms with Gasteiger partial charge in [0.25, 0.3) is 0 Å². The summed E-state index contributed by atoms with van der Waals surface area (Å²) in [5, 5.41) is 9.15. The van der Waals surface area contributed by atoms with E-state index in [0.717, 1.165) is 6.20 Å². The molecule has 0 bridgehead atoms. The standard InChI is InChI=1S/C11H11BrN4O4S/c12-7-1-9(5-13-3-7)21(19,20)16-10(11(17)18)2-8-4-14-6-15-8/h1,3-6,10,16H,2H2,(H,14,15)(H,17,18)/t10-/m0/s1. The second-order valence-corrected chi connectivity index (χ2v) is 6.76. The van der Waals surface area contributed by atoms with Crippen LogP contribution in [-0.2, 0) is 21.2 Å². The normalized spacial score (nSPS) is 13.0. The molecule has 0 radical (unpaired) electrons. The van der Waals surface area contributed by atoms with Gasteiger partial charge in [-0.2, -0.15) is 4.72 Å². The van der Waals surface area contributed by atoms with Gasteiger partial charge in [0, 0.05) is 35.2 Å². The Hall–Kier alpha value is -1.78. The third kappa shape index (κ3) is 4.09. The maximum atomic E-state index is 12.2. The molecule has 0 aliphatic heterocycles. The lowest BCUT2D eigenvalue weighted by atomic mass is 10.2. The third-order valence-corrected chi connectivity index (χ3v) is 4.44. The Morgan fingerprint density at radius 2 is 2.14 bits per heavy atom. The summed E-state index contributed by atoms with van der Waals surface area (Å²) in [6.07, 6.45) is 5.35. The fourth-order valence-corrected chi connectivity index (χ4v) is 3.28. The van der Waals surface area contributed by atoms with Crippen molar-refractivity contribution in [3.8, 4) is 0 Å². The van der Waals surface area contributed by atoms with Crippen molar-refractivity contribution in [2.75, 3.05) is 0 Å². The maximum absolute atomic E-state index is 12.2. The number of rotatable bonds is 6. The van der Waals surface area contributed by atoms with Crippen molar-refractivity contribution in [3.63, 3.8) is 0 Å². The van der Waals surface area contributed by atoms with Crippen LogP contribution in [0.1, 0.15) is 5.69 Å². The van der Waals surface area contributed by atoms with Crippen LogP contribution in [0.5, 0.6) is 0 Å². The first-order chi connectivity index (χ1) is 9.88. The molecule has 2 aromatic heterocycles. The summed E-state index contributed by atoms with van der Waals surface area (Å²) in [7, 11) is -3.99. The van der Waals surface area contributed by atoms with Crippen LogP contribution in [0.3, 0.4) is 0 Å². The first-order valence-electron chi connectivity index (χ1n) is 5.71.